The van der Waals surface area contributed by atoms with Crippen molar-refractivity contribution in [2.45, 2.75) is 58.2 Å². The number of hydrogen-bond acceptors (Lipinski definition) is 6. The van der Waals surface area contributed by atoms with Gasteiger partial charge in [0.1, 0.15) is 18.7 Å². The third kappa shape index (κ3) is 7.64. The van der Waals surface area contributed by atoms with Crippen LogP contribution in [0.3, 0.4) is 0 Å². The largest absolute Gasteiger partial charge is 0.445 e. The summed E-state index contributed by atoms with van der Waals surface area (Å²) >= 11 is 0. The molecule has 4 N–H and O–H groups in total. The van der Waals surface area contributed by atoms with E-state index in [9.17, 15) is 24.0 Å². The number of hydrogen-bond donors (Lipinski definition) is 3. The third-order valence-electron chi connectivity index (χ3n) is 6.19. The van der Waals surface area contributed by atoms with Crippen LogP contribution < -0.4 is 16.4 Å². The summed E-state index contributed by atoms with van der Waals surface area (Å²) < 4.78 is 5.26. The Labute approximate surface area is 221 Å². The van der Waals surface area contributed by atoms with Crippen LogP contribution in [0.4, 0.5) is 4.79 Å². The van der Waals surface area contributed by atoms with Gasteiger partial charge in [0.2, 0.25) is 11.8 Å². The van der Waals surface area contributed by atoms with E-state index >= 15 is 0 Å². The monoisotopic (exact) mass is 522 g/mol. The molecule has 3 rings (SSSR count). The van der Waals surface area contributed by atoms with Crippen LogP contribution in [-0.4, -0.2) is 53.3 Å². The van der Waals surface area contributed by atoms with Crippen LogP contribution in [0.2, 0.25) is 0 Å². The Morgan fingerprint density at radius 1 is 0.868 bits per heavy atom. The predicted molar refractivity (Wildman–Crippen MR) is 140 cm³/mol. The fraction of sp³-hybridized carbons (Fsp3) is 0.393. The Bertz CT molecular complexity index is 1130. The van der Waals surface area contributed by atoms with Crippen LogP contribution >= 0.6 is 0 Å². The molecule has 38 heavy (non-hydrogen) atoms. The number of amides is 5. The average molecular weight is 523 g/mol. The number of unbranched alkanes of at least 4 members (excludes halogenated alkanes) is 1. The number of nitrogens with one attached hydrogen (secondary N) is 2. The Balaban J connectivity index is 1.59. The molecule has 10 heteroatoms. The maximum absolute atomic E-state index is 13.0. The normalized spacial score (nSPS) is 14.1. The molecule has 1 aliphatic heterocycles. The molecule has 5 amide bonds. The van der Waals surface area contributed by atoms with Gasteiger partial charge in [-0.15, -0.1) is 0 Å². The van der Waals surface area contributed by atoms with E-state index in [1.807, 2.05) is 32.0 Å². The molecular weight excluding hydrogens is 488 g/mol. The number of rotatable bonds is 13. The standard InChI is InChI=1S/C28H34N4O6/c1-18(2)16-23(24(29)33)30-25(34)22(31-28(37)38-17-19-10-4-3-5-11-19)14-8-9-15-32-26(35)20-12-6-7-13-21(20)27(32)36/h3-7,10-13,18,22-23H,8-9,14-17H2,1-2H3,(H2,29,33)(H,30,34)(H,31,37)/t22-,23-/m0/s1. The molecule has 2 aromatic carbocycles. The SMILES string of the molecule is CC(C)C[C@H](NC(=O)[C@H](CCCCN1C(=O)c2ccccc2C1=O)NC(=O)OCc1ccccc1)C(N)=O. The number of nitrogens with zero attached hydrogens (tertiary/aromatic N) is 1. The molecule has 202 valence electrons. The number of primary amides is 1. The van der Waals surface area contributed by atoms with Gasteiger partial charge >= 0.3 is 6.09 Å². The molecule has 2 aromatic rings. The summed E-state index contributed by atoms with van der Waals surface area (Å²) in [5, 5.41) is 5.20. The van der Waals surface area contributed by atoms with E-state index in [4.69, 9.17) is 10.5 Å². The number of ether oxygens (including phenoxy) is 1. The van der Waals surface area contributed by atoms with Crippen molar-refractivity contribution in [2.24, 2.45) is 11.7 Å². The topological polar surface area (TPSA) is 148 Å². The number of carbonyl (C=O) groups excluding carboxylic acids is 5. The lowest BCUT2D eigenvalue weighted by atomic mass is 10.0. The van der Waals surface area contributed by atoms with E-state index in [1.165, 1.54) is 4.90 Å². The van der Waals surface area contributed by atoms with E-state index < -0.39 is 30.0 Å². The summed E-state index contributed by atoms with van der Waals surface area (Å²) in [5.74, 6) is -1.81. The molecule has 1 heterocycles. The van der Waals surface area contributed by atoms with E-state index in [-0.39, 0.29) is 37.3 Å². The average Bonchev–Trinajstić information content (AvgIpc) is 3.13. The Kier molecular flexibility index (Phi) is 9.98. The first kappa shape index (κ1) is 28.4. The smallest absolute Gasteiger partial charge is 0.408 e. The van der Waals surface area contributed by atoms with Gasteiger partial charge in [-0.2, -0.15) is 0 Å². The maximum Gasteiger partial charge on any atom is 0.408 e. The maximum atomic E-state index is 13.0. The second-order valence-electron chi connectivity index (χ2n) is 9.66. The number of alkyl carbamates (subject to hydrolysis) is 1. The van der Waals surface area contributed by atoms with E-state index in [0.717, 1.165) is 5.56 Å². The van der Waals surface area contributed by atoms with Crippen LogP contribution in [0.1, 0.15) is 65.8 Å². The third-order valence-corrected chi connectivity index (χ3v) is 6.19. The van der Waals surface area contributed by atoms with Crippen LogP contribution in [0, 0.1) is 5.92 Å². The number of imide groups is 1. The summed E-state index contributed by atoms with van der Waals surface area (Å²) in [6.45, 7) is 4.00. The molecule has 10 nitrogen and oxygen atoms in total. The van der Waals surface area contributed by atoms with Crippen molar-refractivity contribution in [1.82, 2.24) is 15.5 Å². The zero-order chi connectivity index (χ0) is 27.7. The van der Waals surface area contributed by atoms with Crippen molar-refractivity contribution in [3.8, 4) is 0 Å². The van der Waals surface area contributed by atoms with Crippen LogP contribution in [0.5, 0.6) is 0 Å². The van der Waals surface area contributed by atoms with Gasteiger partial charge in [-0.05, 0) is 49.3 Å². The minimum atomic E-state index is -1.01. The fourth-order valence-corrected chi connectivity index (χ4v) is 4.23. The lowest BCUT2D eigenvalue weighted by molar-refractivity contribution is -0.129. The second-order valence-corrected chi connectivity index (χ2v) is 9.66. The molecule has 0 aliphatic carbocycles. The Morgan fingerprint density at radius 2 is 1.47 bits per heavy atom. The number of benzene rings is 2. The zero-order valence-corrected chi connectivity index (χ0v) is 21.6. The van der Waals surface area contributed by atoms with Crippen LogP contribution in [-0.2, 0) is 20.9 Å². The van der Waals surface area contributed by atoms with Gasteiger partial charge in [0, 0.05) is 6.54 Å². The quantitative estimate of drug-likeness (QED) is 0.272. The fourth-order valence-electron chi connectivity index (χ4n) is 4.23. The molecule has 0 radical (unpaired) electrons. The summed E-state index contributed by atoms with van der Waals surface area (Å²) in [6, 6.07) is 13.9. The zero-order valence-electron chi connectivity index (χ0n) is 21.6. The molecule has 0 fully saturated rings. The van der Waals surface area contributed by atoms with Crippen molar-refractivity contribution in [3.05, 3.63) is 71.3 Å². The highest BCUT2D eigenvalue weighted by molar-refractivity contribution is 6.21. The Morgan fingerprint density at radius 3 is 2.05 bits per heavy atom. The summed E-state index contributed by atoms with van der Waals surface area (Å²) in [7, 11) is 0. The van der Waals surface area contributed by atoms with Gasteiger partial charge in [-0.25, -0.2) is 4.79 Å². The molecule has 0 saturated heterocycles. The van der Waals surface area contributed by atoms with Gasteiger partial charge in [0.15, 0.2) is 0 Å². The first-order valence-corrected chi connectivity index (χ1v) is 12.7. The first-order chi connectivity index (χ1) is 18.2. The highest BCUT2D eigenvalue weighted by atomic mass is 16.5. The lowest BCUT2D eigenvalue weighted by Crippen LogP contribution is -2.53. The minimum absolute atomic E-state index is 0.0258. The van der Waals surface area contributed by atoms with Crippen molar-refractivity contribution in [2.75, 3.05) is 6.54 Å². The molecule has 0 bridgehead atoms. The van der Waals surface area contributed by atoms with Gasteiger partial charge in [0.25, 0.3) is 11.8 Å². The second kappa shape index (κ2) is 13.4. The highest BCUT2D eigenvalue weighted by Crippen LogP contribution is 2.23. The number of carbonyl (C=O) groups is 5. The summed E-state index contributed by atoms with van der Waals surface area (Å²) in [5.41, 5.74) is 7.00. The number of nitrogens with two attached hydrogens (primary N) is 1. The number of fused-ring (bicyclic) bond motifs is 1. The van der Waals surface area contributed by atoms with E-state index in [2.05, 4.69) is 10.6 Å². The van der Waals surface area contributed by atoms with Gasteiger partial charge in [-0.3, -0.25) is 24.1 Å². The van der Waals surface area contributed by atoms with Gasteiger partial charge < -0.3 is 21.1 Å². The molecule has 0 aromatic heterocycles. The van der Waals surface area contributed by atoms with Crippen LogP contribution in [0.25, 0.3) is 0 Å². The minimum Gasteiger partial charge on any atom is -0.445 e. The van der Waals surface area contributed by atoms with Crippen molar-refractivity contribution < 1.29 is 28.7 Å². The lowest BCUT2D eigenvalue weighted by Gasteiger charge is -2.23. The molecule has 2 atom stereocenters. The molecule has 0 saturated carbocycles. The molecule has 0 unspecified atom stereocenters. The molecule has 0 spiro atoms. The Hall–Kier alpha value is -4.21. The van der Waals surface area contributed by atoms with Crippen molar-refractivity contribution >= 4 is 29.7 Å². The van der Waals surface area contributed by atoms with Gasteiger partial charge in [-0.1, -0.05) is 56.3 Å². The highest BCUT2D eigenvalue weighted by Gasteiger charge is 2.34. The van der Waals surface area contributed by atoms with Crippen molar-refractivity contribution in [1.29, 1.82) is 0 Å². The first-order valence-electron chi connectivity index (χ1n) is 12.7. The summed E-state index contributed by atoms with van der Waals surface area (Å²) in [6.07, 6.45) is 0.597. The van der Waals surface area contributed by atoms with Crippen molar-refractivity contribution in [3.63, 3.8) is 0 Å². The van der Waals surface area contributed by atoms with E-state index in [1.54, 1.807) is 36.4 Å². The molecule has 1 aliphatic rings. The van der Waals surface area contributed by atoms with Crippen LogP contribution in [0.15, 0.2) is 54.6 Å². The van der Waals surface area contributed by atoms with E-state index in [0.29, 0.717) is 30.4 Å². The van der Waals surface area contributed by atoms with Gasteiger partial charge in [0.05, 0.1) is 11.1 Å². The summed E-state index contributed by atoms with van der Waals surface area (Å²) in [4.78, 5) is 63.7. The molecular formula is C28H34N4O6. The predicted octanol–water partition coefficient (Wildman–Crippen LogP) is 2.76.